The van der Waals surface area contributed by atoms with Crippen LogP contribution in [0.2, 0.25) is 0 Å². The number of nitrogens with two attached hydrogens (primary N) is 1. The van der Waals surface area contributed by atoms with Crippen molar-refractivity contribution in [3.8, 4) is 12.1 Å². The van der Waals surface area contributed by atoms with Crippen molar-refractivity contribution in [3.63, 3.8) is 0 Å². The minimum absolute atomic E-state index is 0.00197. The van der Waals surface area contributed by atoms with Gasteiger partial charge in [0.25, 0.3) is 0 Å². The zero-order valence-electron chi connectivity index (χ0n) is 12.8. The van der Waals surface area contributed by atoms with Gasteiger partial charge in [0.05, 0.1) is 31.5 Å². The summed E-state index contributed by atoms with van der Waals surface area (Å²) in [5, 5.41) is 17.3. The average molecular weight is 291 g/mol. The molecule has 0 unspecified atom stereocenters. The number of carbonyl (C=O) groups excluding carboxylic acids is 1. The number of nitriles is 2. The SMILES string of the molecule is CN(CC(=O)N(CCC#N)CCC#N)C1CCC(N)CC1. The normalized spacial score (nSPS) is 21.6. The summed E-state index contributed by atoms with van der Waals surface area (Å²) in [4.78, 5) is 16.0. The molecular formula is C15H25N5O. The maximum absolute atomic E-state index is 12.3. The Morgan fingerprint density at radius 3 is 2.14 bits per heavy atom. The molecule has 0 radical (unpaired) electrons. The molecule has 1 rings (SSSR count). The van der Waals surface area contributed by atoms with Crippen LogP contribution in [0.5, 0.6) is 0 Å². The van der Waals surface area contributed by atoms with E-state index in [4.69, 9.17) is 16.3 Å². The maximum Gasteiger partial charge on any atom is 0.236 e. The molecule has 0 atom stereocenters. The van der Waals surface area contributed by atoms with E-state index in [0.29, 0.717) is 44.6 Å². The second-order valence-electron chi connectivity index (χ2n) is 5.68. The first kappa shape index (κ1) is 17.4. The van der Waals surface area contributed by atoms with E-state index < -0.39 is 0 Å². The fraction of sp³-hybridized carbons (Fsp3) is 0.800. The first-order valence-corrected chi connectivity index (χ1v) is 7.56. The van der Waals surface area contributed by atoms with E-state index in [-0.39, 0.29) is 5.91 Å². The Labute approximate surface area is 127 Å². The molecule has 2 N–H and O–H groups in total. The summed E-state index contributed by atoms with van der Waals surface area (Å²) in [5.74, 6) is -0.00197. The van der Waals surface area contributed by atoms with Gasteiger partial charge in [-0.3, -0.25) is 9.69 Å². The lowest BCUT2D eigenvalue weighted by Crippen LogP contribution is -2.45. The van der Waals surface area contributed by atoms with E-state index in [1.54, 1.807) is 4.90 Å². The van der Waals surface area contributed by atoms with Crippen molar-refractivity contribution in [2.45, 2.75) is 50.6 Å². The van der Waals surface area contributed by atoms with Crippen molar-refractivity contribution < 1.29 is 4.79 Å². The van der Waals surface area contributed by atoms with E-state index in [0.717, 1.165) is 25.7 Å². The van der Waals surface area contributed by atoms with Gasteiger partial charge in [-0.15, -0.1) is 0 Å². The fourth-order valence-electron chi connectivity index (χ4n) is 2.72. The Bertz CT molecular complexity index is 385. The molecule has 1 aliphatic rings. The Hall–Kier alpha value is -1.63. The Morgan fingerprint density at radius 2 is 1.67 bits per heavy atom. The van der Waals surface area contributed by atoms with Gasteiger partial charge in [-0.1, -0.05) is 0 Å². The van der Waals surface area contributed by atoms with Crippen molar-refractivity contribution >= 4 is 5.91 Å². The van der Waals surface area contributed by atoms with Gasteiger partial charge in [-0.2, -0.15) is 10.5 Å². The highest BCUT2D eigenvalue weighted by atomic mass is 16.2. The Kier molecular flexibility index (Phi) is 7.74. The number of amides is 1. The number of hydrogen-bond donors (Lipinski definition) is 1. The third-order valence-corrected chi connectivity index (χ3v) is 4.09. The van der Waals surface area contributed by atoms with Crippen LogP contribution in [0, 0.1) is 22.7 Å². The van der Waals surface area contributed by atoms with E-state index in [1.807, 2.05) is 19.2 Å². The zero-order valence-corrected chi connectivity index (χ0v) is 12.8. The number of likely N-dealkylation sites (N-methyl/N-ethyl adjacent to an activating group) is 1. The molecule has 0 aliphatic heterocycles. The molecule has 0 bridgehead atoms. The van der Waals surface area contributed by atoms with Gasteiger partial charge in [-0.05, 0) is 32.7 Å². The molecule has 0 aromatic rings. The molecule has 6 heteroatoms. The van der Waals surface area contributed by atoms with Crippen LogP contribution in [-0.4, -0.2) is 54.5 Å². The van der Waals surface area contributed by atoms with E-state index in [2.05, 4.69) is 4.90 Å². The lowest BCUT2D eigenvalue weighted by Gasteiger charge is -2.34. The van der Waals surface area contributed by atoms with Crippen LogP contribution in [0.4, 0.5) is 0 Å². The molecule has 6 nitrogen and oxygen atoms in total. The number of hydrogen-bond acceptors (Lipinski definition) is 5. The zero-order chi connectivity index (χ0) is 15.7. The molecule has 0 spiro atoms. The van der Waals surface area contributed by atoms with E-state index in [9.17, 15) is 4.79 Å². The van der Waals surface area contributed by atoms with Gasteiger partial charge in [0.1, 0.15) is 0 Å². The third kappa shape index (κ3) is 6.12. The summed E-state index contributed by atoms with van der Waals surface area (Å²) < 4.78 is 0. The first-order chi connectivity index (χ1) is 10.1. The topological polar surface area (TPSA) is 97.1 Å². The van der Waals surface area contributed by atoms with Crippen LogP contribution in [0.3, 0.4) is 0 Å². The summed E-state index contributed by atoms with van der Waals surface area (Å²) in [6.07, 6.45) is 4.69. The fourth-order valence-corrected chi connectivity index (χ4v) is 2.72. The molecule has 0 aromatic carbocycles. The summed E-state index contributed by atoms with van der Waals surface area (Å²) in [7, 11) is 1.96. The van der Waals surface area contributed by atoms with Gasteiger partial charge in [0, 0.05) is 25.2 Å². The lowest BCUT2D eigenvalue weighted by atomic mass is 9.91. The summed E-state index contributed by atoms with van der Waals surface area (Å²) in [6, 6.07) is 4.80. The second-order valence-corrected chi connectivity index (χ2v) is 5.68. The van der Waals surface area contributed by atoms with Gasteiger partial charge in [0.2, 0.25) is 5.91 Å². The molecule has 0 heterocycles. The lowest BCUT2D eigenvalue weighted by molar-refractivity contribution is -0.132. The van der Waals surface area contributed by atoms with Crippen LogP contribution in [0.1, 0.15) is 38.5 Å². The minimum Gasteiger partial charge on any atom is -0.340 e. The van der Waals surface area contributed by atoms with Crippen molar-refractivity contribution in [1.82, 2.24) is 9.80 Å². The molecule has 1 fully saturated rings. The van der Waals surface area contributed by atoms with Crippen LogP contribution in [0.15, 0.2) is 0 Å². The number of nitrogens with zero attached hydrogens (tertiary/aromatic N) is 4. The van der Waals surface area contributed by atoms with Crippen LogP contribution in [-0.2, 0) is 4.79 Å². The molecule has 1 saturated carbocycles. The predicted octanol–water partition coefficient (Wildman–Crippen LogP) is 0.844. The van der Waals surface area contributed by atoms with Crippen molar-refractivity contribution in [3.05, 3.63) is 0 Å². The quantitative estimate of drug-likeness (QED) is 0.749. The highest BCUT2D eigenvalue weighted by Gasteiger charge is 2.24. The minimum atomic E-state index is -0.00197. The molecule has 116 valence electrons. The van der Waals surface area contributed by atoms with Crippen LogP contribution in [0.25, 0.3) is 0 Å². The maximum atomic E-state index is 12.3. The summed E-state index contributed by atoms with van der Waals surface area (Å²) in [5.41, 5.74) is 5.90. The average Bonchev–Trinajstić information content (AvgIpc) is 2.47. The first-order valence-electron chi connectivity index (χ1n) is 7.56. The van der Waals surface area contributed by atoms with Gasteiger partial charge < -0.3 is 10.6 Å². The number of carbonyl (C=O) groups is 1. The van der Waals surface area contributed by atoms with Crippen LogP contribution < -0.4 is 5.73 Å². The smallest absolute Gasteiger partial charge is 0.236 e. The highest BCUT2D eigenvalue weighted by molar-refractivity contribution is 5.78. The molecule has 1 aliphatic carbocycles. The van der Waals surface area contributed by atoms with Crippen molar-refractivity contribution in [2.75, 3.05) is 26.7 Å². The highest BCUT2D eigenvalue weighted by Crippen LogP contribution is 2.21. The van der Waals surface area contributed by atoms with Gasteiger partial charge >= 0.3 is 0 Å². The van der Waals surface area contributed by atoms with Crippen molar-refractivity contribution in [2.24, 2.45) is 5.73 Å². The number of rotatable bonds is 7. The molecule has 0 saturated heterocycles. The van der Waals surface area contributed by atoms with Crippen molar-refractivity contribution in [1.29, 1.82) is 10.5 Å². The third-order valence-electron chi connectivity index (χ3n) is 4.09. The predicted molar refractivity (Wildman–Crippen MR) is 79.9 cm³/mol. The largest absolute Gasteiger partial charge is 0.340 e. The molecule has 1 amide bonds. The summed E-state index contributed by atoms with van der Waals surface area (Å²) in [6.45, 7) is 1.15. The molecule has 0 aromatic heterocycles. The van der Waals surface area contributed by atoms with E-state index >= 15 is 0 Å². The van der Waals surface area contributed by atoms with Gasteiger partial charge in [0.15, 0.2) is 0 Å². The molecular weight excluding hydrogens is 266 g/mol. The second kappa shape index (κ2) is 9.33. The van der Waals surface area contributed by atoms with Gasteiger partial charge in [-0.25, -0.2) is 0 Å². The van der Waals surface area contributed by atoms with E-state index in [1.165, 1.54) is 0 Å². The summed E-state index contributed by atoms with van der Waals surface area (Å²) >= 11 is 0. The van der Waals surface area contributed by atoms with Crippen LogP contribution >= 0.6 is 0 Å². The monoisotopic (exact) mass is 291 g/mol. The Balaban J connectivity index is 2.47. The standard InChI is InChI=1S/C15H25N5O/c1-19(14-6-4-13(18)5-7-14)12-15(21)20(10-2-8-16)11-3-9-17/h13-14H,2-7,10-12,18H2,1H3. The Morgan fingerprint density at radius 1 is 1.14 bits per heavy atom. The molecule has 21 heavy (non-hydrogen) atoms.